The van der Waals surface area contributed by atoms with Crippen LogP contribution in [0.3, 0.4) is 0 Å². The lowest BCUT2D eigenvalue weighted by Gasteiger charge is -2.18. The summed E-state index contributed by atoms with van der Waals surface area (Å²) in [4.78, 5) is 14.8. The molecular formula is C20H29N9O3. The highest BCUT2D eigenvalue weighted by molar-refractivity contribution is 5.94. The van der Waals surface area contributed by atoms with Crippen molar-refractivity contribution in [2.45, 2.75) is 41.2 Å². The Labute approximate surface area is 186 Å². The number of nitrogens with one attached hydrogen (secondary N) is 1. The molecule has 0 spiro atoms. The fourth-order valence-electron chi connectivity index (χ4n) is 2.76. The maximum absolute atomic E-state index is 12.7. The van der Waals surface area contributed by atoms with Gasteiger partial charge in [-0.25, -0.2) is 10.1 Å². The number of nitrogen functional groups attached to an aromatic ring is 1. The van der Waals surface area contributed by atoms with Gasteiger partial charge in [-0.15, -0.1) is 5.10 Å². The number of hydrazone groups is 1. The second kappa shape index (κ2) is 11.6. The standard InChI is InChI=1S/C18H23N9O3.C2H6/c1-4-26(5-2)10-13-15(21-25-27(13)17-16(19)23-30-24-17)18(29)22-20-9-12-6-7-14(28)11(3)8-12;1-2/h6-9,28H,4-5,10H2,1-3H3,(H2,19,23)(H,22,29);1-2H3/b20-9+;. The van der Waals surface area contributed by atoms with Crippen LogP contribution in [0.5, 0.6) is 5.75 Å². The van der Waals surface area contributed by atoms with E-state index in [4.69, 9.17) is 5.73 Å². The van der Waals surface area contributed by atoms with Crippen LogP contribution in [0.15, 0.2) is 27.9 Å². The Morgan fingerprint density at radius 3 is 2.62 bits per heavy atom. The number of aryl methyl sites for hydroxylation is 1. The van der Waals surface area contributed by atoms with Crippen LogP contribution in [0.2, 0.25) is 0 Å². The number of hydrogen-bond acceptors (Lipinski definition) is 10. The van der Waals surface area contributed by atoms with E-state index in [1.807, 2.05) is 27.7 Å². The van der Waals surface area contributed by atoms with Crippen molar-refractivity contribution in [3.8, 4) is 11.6 Å². The highest BCUT2D eigenvalue weighted by Gasteiger charge is 2.24. The van der Waals surface area contributed by atoms with Crippen LogP contribution in [-0.2, 0) is 6.54 Å². The molecule has 12 heteroatoms. The molecular weight excluding hydrogens is 414 g/mol. The molecule has 0 atom stereocenters. The summed E-state index contributed by atoms with van der Waals surface area (Å²) in [7, 11) is 0. The molecule has 172 valence electrons. The van der Waals surface area contributed by atoms with E-state index >= 15 is 0 Å². The van der Waals surface area contributed by atoms with E-state index < -0.39 is 5.91 Å². The van der Waals surface area contributed by atoms with Gasteiger partial charge in [0.1, 0.15) is 5.75 Å². The van der Waals surface area contributed by atoms with Gasteiger partial charge in [0.25, 0.3) is 5.91 Å². The summed E-state index contributed by atoms with van der Waals surface area (Å²) in [6, 6.07) is 4.98. The highest BCUT2D eigenvalue weighted by Crippen LogP contribution is 2.18. The van der Waals surface area contributed by atoms with Crippen LogP contribution >= 0.6 is 0 Å². The number of nitrogens with two attached hydrogens (primary N) is 1. The summed E-state index contributed by atoms with van der Waals surface area (Å²) >= 11 is 0. The summed E-state index contributed by atoms with van der Waals surface area (Å²) in [5, 5.41) is 28.9. The van der Waals surface area contributed by atoms with Crippen molar-refractivity contribution in [3.63, 3.8) is 0 Å². The zero-order valence-electron chi connectivity index (χ0n) is 18.9. The van der Waals surface area contributed by atoms with Gasteiger partial charge in [0, 0.05) is 6.54 Å². The number of benzene rings is 1. The van der Waals surface area contributed by atoms with Crippen LogP contribution in [-0.4, -0.2) is 60.5 Å². The van der Waals surface area contributed by atoms with Crippen molar-refractivity contribution in [2.75, 3.05) is 18.8 Å². The van der Waals surface area contributed by atoms with Gasteiger partial charge in [0.15, 0.2) is 5.69 Å². The molecule has 1 amide bonds. The van der Waals surface area contributed by atoms with Crippen molar-refractivity contribution >= 4 is 17.9 Å². The third-order valence-corrected chi connectivity index (χ3v) is 4.54. The zero-order chi connectivity index (χ0) is 23.7. The quantitative estimate of drug-likeness (QED) is 0.349. The first-order chi connectivity index (χ1) is 15.4. The predicted molar refractivity (Wildman–Crippen MR) is 120 cm³/mol. The molecule has 2 aromatic heterocycles. The fourth-order valence-corrected chi connectivity index (χ4v) is 2.76. The molecule has 0 aliphatic rings. The van der Waals surface area contributed by atoms with E-state index in [0.29, 0.717) is 17.8 Å². The normalized spacial score (nSPS) is 10.9. The average Bonchev–Trinajstić information content (AvgIpc) is 3.41. The number of rotatable bonds is 8. The number of anilines is 1. The number of phenolic OH excluding ortho intramolecular Hbond substituents is 1. The van der Waals surface area contributed by atoms with Crippen molar-refractivity contribution in [1.29, 1.82) is 0 Å². The summed E-state index contributed by atoms with van der Waals surface area (Å²) < 4.78 is 5.98. The predicted octanol–water partition coefficient (Wildman–Crippen LogP) is 1.88. The fraction of sp³-hybridized carbons (Fsp3) is 0.400. The number of aromatic nitrogens is 5. The molecule has 1 aromatic carbocycles. The van der Waals surface area contributed by atoms with Crippen molar-refractivity contribution in [3.05, 3.63) is 40.7 Å². The van der Waals surface area contributed by atoms with Gasteiger partial charge in [-0.3, -0.25) is 9.69 Å². The number of phenols is 1. The number of aromatic hydroxyl groups is 1. The van der Waals surface area contributed by atoms with E-state index in [9.17, 15) is 9.90 Å². The number of hydrogen-bond donors (Lipinski definition) is 3. The van der Waals surface area contributed by atoms with Crippen molar-refractivity contribution < 1.29 is 14.5 Å². The number of amides is 1. The molecule has 12 nitrogen and oxygen atoms in total. The van der Waals surface area contributed by atoms with Crippen LogP contribution < -0.4 is 11.2 Å². The second-order valence-corrected chi connectivity index (χ2v) is 6.48. The first-order valence-electron chi connectivity index (χ1n) is 10.3. The van der Waals surface area contributed by atoms with Crippen LogP contribution in [0.1, 0.15) is 55.0 Å². The molecule has 0 saturated heterocycles. The van der Waals surface area contributed by atoms with Gasteiger partial charge >= 0.3 is 0 Å². The minimum Gasteiger partial charge on any atom is -0.508 e. The Kier molecular flexibility index (Phi) is 8.83. The van der Waals surface area contributed by atoms with Gasteiger partial charge in [0.05, 0.1) is 11.9 Å². The van der Waals surface area contributed by atoms with Crippen molar-refractivity contribution in [2.24, 2.45) is 5.10 Å². The van der Waals surface area contributed by atoms with E-state index in [2.05, 4.69) is 40.7 Å². The molecule has 0 aliphatic carbocycles. The highest BCUT2D eigenvalue weighted by atomic mass is 16.6. The smallest absolute Gasteiger partial charge is 0.293 e. The average molecular weight is 444 g/mol. The van der Waals surface area contributed by atoms with Gasteiger partial charge in [0.2, 0.25) is 11.6 Å². The first kappa shape index (κ1) is 24.5. The van der Waals surface area contributed by atoms with Crippen LogP contribution in [0.4, 0.5) is 5.82 Å². The van der Waals surface area contributed by atoms with Gasteiger partial charge < -0.3 is 10.8 Å². The Balaban J connectivity index is 0.00000176. The van der Waals surface area contributed by atoms with Crippen LogP contribution in [0, 0.1) is 6.92 Å². The number of carbonyl (C=O) groups excluding carboxylic acids is 1. The van der Waals surface area contributed by atoms with E-state index in [0.717, 1.165) is 18.7 Å². The maximum atomic E-state index is 12.7. The molecule has 3 aromatic rings. The SMILES string of the molecule is CC.CCN(CC)Cc1c(C(=O)N/N=C/c2ccc(O)c(C)c2)nnn1-c1nonc1N. The number of nitrogens with zero attached hydrogens (tertiary/aromatic N) is 7. The molecule has 0 saturated carbocycles. The maximum Gasteiger partial charge on any atom is 0.293 e. The monoisotopic (exact) mass is 443 g/mol. The minimum absolute atomic E-state index is 0.0355. The topological polar surface area (TPSA) is 161 Å². The summed E-state index contributed by atoms with van der Waals surface area (Å²) in [5.41, 5.74) is 10.2. The van der Waals surface area contributed by atoms with E-state index in [1.165, 1.54) is 10.9 Å². The molecule has 0 fully saturated rings. The molecule has 32 heavy (non-hydrogen) atoms. The molecule has 4 N–H and O–H groups in total. The Hall–Kier alpha value is -3.80. The lowest BCUT2D eigenvalue weighted by molar-refractivity contribution is 0.0948. The second-order valence-electron chi connectivity index (χ2n) is 6.48. The lowest BCUT2D eigenvalue weighted by Crippen LogP contribution is -2.27. The minimum atomic E-state index is -0.537. The zero-order valence-corrected chi connectivity index (χ0v) is 18.9. The molecule has 0 aliphatic heterocycles. The number of carbonyl (C=O) groups is 1. The van der Waals surface area contributed by atoms with Crippen molar-refractivity contribution in [1.82, 2.24) is 35.6 Å². The molecule has 0 unspecified atom stereocenters. The molecule has 2 heterocycles. The largest absolute Gasteiger partial charge is 0.508 e. The summed E-state index contributed by atoms with van der Waals surface area (Å²) in [6.45, 7) is 11.7. The Morgan fingerprint density at radius 2 is 2.03 bits per heavy atom. The van der Waals surface area contributed by atoms with E-state index in [-0.39, 0.29) is 23.1 Å². The molecule has 0 bridgehead atoms. The molecule has 3 rings (SSSR count). The van der Waals surface area contributed by atoms with Gasteiger partial charge in [-0.2, -0.15) is 9.78 Å². The first-order valence-corrected chi connectivity index (χ1v) is 10.3. The Morgan fingerprint density at radius 1 is 1.31 bits per heavy atom. The summed E-state index contributed by atoms with van der Waals surface area (Å²) in [6.07, 6.45) is 1.47. The molecule has 0 radical (unpaired) electrons. The third-order valence-electron chi connectivity index (χ3n) is 4.54. The van der Waals surface area contributed by atoms with E-state index in [1.54, 1.807) is 25.1 Å². The Bertz CT molecular complexity index is 1050. The van der Waals surface area contributed by atoms with Gasteiger partial charge in [-0.05, 0) is 59.7 Å². The lowest BCUT2D eigenvalue weighted by atomic mass is 10.1. The van der Waals surface area contributed by atoms with Gasteiger partial charge in [-0.1, -0.05) is 32.9 Å². The van der Waals surface area contributed by atoms with Crippen LogP contribution in [0.25, 0.3) is 5.82 Å². The third kappa shape index (κ3) is 5.66. The summed E-state index contributed by atoms with van der Waals surface area (Å²) in [5.74, 6) is -0.152.